The maximum Gasteiger partial charge on any atom is 0.335 e. The quantitative estimate of drug-likeness (QED) is 0.0354. The summed E-state index contributed by atoms with van der Waals surface area (Å²) in [5.74, 6) is -1.91. The van der Waals surface area contributed by atoms with Gasteiger partial charge in [-0.15, -0.1) is 0 Å². The molecule has 0 spiro atoms. The number of hydrogen-bond acceptors (Lipinski definition) is 8. The predicted molar refractivity (Wildman–Crippen MR) is 267 cm³/mol. The van der Waals surface area contributed by atoms with Crippen LogP contribution in [0.4, 0.5) is 4.79 Å². The number of hydrogen-bond donors (Lipinski definition) is 8. The zero-order valence-electron chi connectivity index (χ0n) is 38.8. The number of likely N-dealkylation sites (N-methyl/N-ethyl adjacent to an activating group) is 1. The first-order valence-corrected chi connectivity index (χ1v) is 22.5. The van der Waals surface area contributed by atoms with Gasteiger partial charge in [0, 0.05) is 7.05 Å². The summed E-state index contributed by atoms with van der Waals surface area (Å²) in [6, 6.07) is 49.7. The Morgan fingerprint density at radius 2 is 0.956 bits per heavy atom. The number of urea groups is 1. The minimum atomic E-state index is -0.941. The molecule has 3 unspecified atom stereocenters. The molecule has 6 amide bonds. The highest BCUT2D eigenvalue weighted by Crippen LogP contribution is 2.25. The van der Waals surface area contributed by atoms with Gasteiger partial charge in [0.2, 0.25) is 17.7 Å². The molecule has 10 N–H and O–H groups in total. The third kappa shape index (κ3) is 15.3. The second kappa shape index (κ2) is 26.3. The smallest absolute Gasteiger partial charge is 0.335 e. The zero-order valence-corrected chi connectivity index (χ0v) is 38.8. The number of nitrogens with zero attached hydrogens (tertiary/aromatic N) is 1. The number of carbonyl (C=O) groups is 5. The Labute approximate surface area is 398 Å². The standard InChI is InChI=1S/C31H37N7O4.C23H24N2O/c1-3-13-24(32)28(30(41)34-20-25(39)35-27(29(40)33-2)23-18-11-6-12-19-23)37-38-31(42)36-26(21-14-7-4-8-15-21)22-16-9-5-10-17-22;1-16-8-12-19(13-9-16)22(20-14-10-17(2)11-15-20)25-23(26)21(24)18-6-4-3-5-7-18/h4-12,14-19,24,26-27H,3,13,20,32H2,1-2H3,(H,33,40)(H,34,41)(H,35,39)(H2,36,38,42);3-15,21-22H,24H2,1-2H3,(H,25,26)/b37-28+;. The lowest BCUT2D eigenvalue weighted by Gasteiger charge is -2.22. The molecule has 6 rings (SSSR count). The molecule has 3 atom stereocenters. The second-order valence-electron chi connectivity index (χ2n) is 16.1. The summed E-state index contributed by atoms with van der Waals surface area (Å²) >= 11 is 0. The molecule has 0 heterocycles. The SMILES string of the molecule is CCCC(N)/C(=N\NC(=O)NC(c1ccccc1)c1ccccc1)C(=O)NCC(=O)NC(C(=O)NC)c1ccccc1.Cc1ccc(C(NC(=O)C(N)c2ccccc2)c2ccc(C)cc2)cc1. The van der Waals surface area contributed by atoms with E-state index in [9.17, 15) is 24.0 Å². The number of amides is 6. The lowest BCUT2D eigenvalue weighted by atomic mass is 9.96. The van der Waals surface area contributed by atoms with E-state index in [1.165, 1.54) is 18.2 Å². The molecule has 14 heteroatoms. The van der Waals surface area contributed by atoms with Crippen molar-refractivity contribution in [1.82, 2.24) is 32.0 Å². The van der Waals surface area contributed by atoms with Crippen LogP contribution < -0.4 is 43.5 Å². The Balaban J connectivity index is 0.000000283. The van der Waals surface area contributed by atoms with Crippen molar-refractivity contribution in [2.24, 2.45) is 16.6 Å². The van der Waals surface area contributed by atoms with Crippen LogP contribution in [-0.4, -0.2) is 55.0 Å². The van der Waals surface area contributed by atoms with Crippen molar-refractivity contribution >= 4 is 35.4 Å². The van der Waals surface area contributed by atoms with Gasteiger partial charge in [-0.1, -0.05) is 194 Å². The molecule has 352 valence electrons. The van der Waals surface area contributed by atoms with Crippen LogP contribution in [0.2, 0.25) is 0 Å². The third-order valence-electron chi connectivity index (χ3n) is 10.9. The van der Waals surface area contributed by atoms with Gasteiger partial charge < -0.3 is 38.1 Å². The Morgan fingerprint density at radius 3 is 1.41 bits per heavy atom. The van der Waals surface area contributed by atoms with Crippen molar-refractivity contribution in [3.05, 3.63) is 214 Å². The number of nitrogens with two attached hydrogens (primary N) is 2. The van der Waals surface area contributed by atoms with E-state index < -0.39 is 54.5 Å². The van der Waals surface area contributed by atoms with Crippen molar-refractivity contribution in [3.63, 3.8) is 0 Å². The predicted octanol–water partition coefficient (Wildman–Crippen LogP) is 6.49. The maximum absolute atomic E-state index is 13.0. The second-order valence-corrected chi connectivity index (χ2v) is 16.1. The van der Waals surface area contributed by atoms with E-state index in [1.54, 1.807) is 30.3 Å². The molecular formula is C54H61N9O5. The van der Waals surface area contributed by atoms with E-state index in [1.807, 2.05) is 122 Å². The van der Waals surface area contributed by atoms with Gasteiger partial charge >= 0.3 is 6.03 Å². The fourth-order valence-electron chi connectivity index (χ4n) is 7.15. The average molecular weight is 916 g/mol. The number of benzene rings is 6. The molecule has 0 fully saturated rings. The monoisotopic (exact) mass is 915 g/mol. The number of carbonyl (C=O) groups excluding carboxylic acids is 5. The molecule has 68 heavy (non-hydrogen) atoms. The molecule has 14 nitrogen and oxygen atoms in total. The molecular weight excluding hydrogens is 855 g/mol. The summed E-state index contributed by atoms with van der Waals surface area (Å²) in [4.78, 5) is 63.8. The van der Waals surface area contributed by atoms with E-state index in [-0.39, 0.29) is 17.7 Å². The highest BCUT2D eigenvalue weighted by Gasteiger charge is 2.25. The third-order valence-corrected chi connectivity index (χ3v) is 10.9. The summed E-state index contributed by atoms with van der Waals surface area (Å²) in [7, 11) is 1.47. The molecule has 6 aromatic carbocycles. The molecule has 0 bridgehead atoms. The van der Waals surface area contributed by atoms with E-state index in [4.69, 9.17) is 11.5 Å². The van der Waals surface area contributed by atoms with E-state index in [0.717, 1.165) is 27.8 Å². The lowest BCUT2D eigenvalue weighted by molar-refractivity contribution is -0.129. The lowest BCUT2D eigenvalue weighted by Crippen LogP contribution is -2.48. The summed E-state index contributed by atoms with van der Waals surface area (Å²) in [5, 5.41) is 17.7. The molecule has 0 saturated carbocycles. The van der Waals surface area contributed by atoms with Crippen molar-refractivity contribution in [2.45, 2.75) is 63.8 Å². The van der Waals surface area contributed by atoms with Gasteiger partial charge in [0.25, 0.3) is 5.91 Å². The molecule has 0 aliphatic heterocycles. The maximum atomic E-state index is 13.0. The Bertz CT molecular complexity index is 2480. The molecule has 0 saturated heterocycles. The normalized spacial score (nSPS) is 12.3. The average Bonchev–Trinajstić information content (AvgIpc) is 3.37. The molecule has 0 aromatic heterocycles. The fourth-order valence-corrected chi connectivity index (χ4v) is 7.15. The Morgan fingerprint density at radius 1 is 0.529 bits per heavy atom. The van der Waals surface area contributed by atoms with E-state index >= 15 is 0 Å². The van der Waals surface area contributed by atoms with E-state index in [2.05, 4.69) is 75.2 Å². The molecule has 0 radical (unpaired) electrons. The van der Waals surface area contributed by atoms with E-state index in [0.29, 0.717) is 18.4 Å². The van der Waals surface area contributed by atoms with Crippen molar-refractivity contribution in [3.8, 4) is 0 Å². The van der Waals surface area contributed by atoms with Gasteiger partial charge in [0.05, 0.1) is 24.7 Å². The fraction of sp³-hybridized carbons (Fsp3) is 0.222. The van der Waals surface area contributed by atoms with Crippen LogP contribution in [0, 0.1) is 13.8 Å². The van der Waals surface area contributed by atoms with Crippen LogP contribution in [0.15, 0.2) is 175 Å². The summed E-state index contributed by atoms with van der Waals surface area (Å²) in [6.07, 6.45) is 1.08. The summed E-state index contributed by atoms with van der Waals surface area (Å²) in [6.45, 7) is 5.56. The largest absolute Gasteiger partial charge is 0.357 e. The highest BCUT2D eigenvalue weighted by molar-refractivity contribution is 6.41. The van der Waals surface area contributed by atoms with Crippen LogP contribution in [0.1, 0.15) is 88.4 Å². The van der Waals surface area contributed by atoms with Gasteiger partial charge in [0.15, 0.2) is 0 Å². The topological polar surface area (TPSA) is 222 Å². The van der Waals surface area contributed by atoms with Gasteiger partial charge in [-0.05, 0) is 53.6 Å². The van der Waals surface area contributed by atoms with Crippen LogP contribution in [0.25, 0.3) is 0 Å². The minimum Gasteiger partial charge on any atom is -0.357 e. The van der Waals surface area contributed by atoms with Crippen LogP contribution >= 0.6 is 0 Å². The van der Waals surface area contributed by atoms with Crippen LogP contribution in [-0.2, 0) is 19.2 Å². The van der Waals surface area contributed by atoms with Crippen LogP contribution in [0.5, 0.6) is 0 Å². The number of nitrogens with one attached hydrogen (secondary N) is 6. The first-order valence-electron chi connectivity index (χ1n) is 22.5. The molecule has 6 aromatic rings. The Hall–Kier alpha value is -7.94. The van der Waals surface area contributed by atoms with Crippen molar-refractivity contribution in [1.29, 1.82) is 0 Å². The number of hydrazone groups is 1. The summed E-state index contributed by atoms with van der Waals surface area (Å²) in [5.41, 5.74) is 22.2. The van der Waals surface area contributed by atoms with Gasteiger partial charge in [-0.2, -0.15) is 5.10 Å². The number of aryl methyl sites for hydroxylation is 2. The van der Waals surface area contributed by atoms with Gasteiger partial charge in [-0.25, -0.2) is 10.2 Å². The van der Waals surface area contributed by atoms with Crippen LogP contribution in [0.3, 0.4) is 0 Å². The molecule has 0 aliphatic rings. The van der Waals surface area contributed by atoms with Gasteiger partial charge in [-0.3, -0.25) is 19.2 Å². The van der Waals surface area contributed by atoms with Crippen molar-refractivity contribution < 1.29 is 24.0 Å². The number of rotatable bonds is 18. The Kier molecular flexibility index (Phi) is 19.7. The van der Waals surface area contributed by atoms with Gasteiger partial charge in [0.1, 0.15) is 17.8 Å². The van der Waals surface area contributed by atoms with Crippen molar-refractivity contribution in [2.75, 3.05) is 13.6 Å². The summed E-state index contributed by atoms with van der Waals surface area (Å²) < 4.78 is 0. The first kappa shape index (κ1) is 51.1. The first-order chi connectivity index (χ1) is 32.9. The highest BCUT2D eigenvalue weighted by atomic mass is 16.2. The zero-order chi connectivity index (χ0) is 48.8. The minimum absolute atomic E-state index is 0.137. The molecule has 0 aliphatic carbocycles.